The van der Waals surface area contributed by atoms with Gasteiger partial charge >= 0.3 is 5.97 Å². The number of nitrogens with zero attached hydrogens (tertiary/aromatic N) is 1. The van der Waals surface area contributed by atoms with Crippen molar-refractivity contribution in [2.45, 2.75) is 33.4 Å². The summed E-state index contributed by atoms with van der Waals surface area (Å²) >= 11 is 0. The van der Waals surface area contributed by atoms with Crippen molar-refractivity contribution in [3.05, 3.63) is 41.6 Å². The van der Waals surface area contributed by atoms with Gasteiger partial charge in [0, 0.05) is 17.6 Å². The van der Waals surface area contributed by atoms with Crippen LogP contribution in [0.25, 0.3) is 10.9 Å². The summed E-state index contributed by atoms with van der Waals surface area (Å²) in [6.07, 6.45) is 0. The number of nitrogens with one attached hydrogen (secondary N) is 1. The van der Waals surface area contributed by atoms with Crippen LogP contribution in [0.5, 0.6) is 0 Å². The lowest BCUT2D eigenvalue weighted by molar-refractivity contribution is -0.144. The minimum Gasteiger partial charge on any atom is -0.468 e. The van der Waals surface area contributed by atoms with Crippen LogP contribution in [0, 0.1) is 12.8 Å². The summed E-state index contributed by atoms with van der Waals surface area (Å²) in [6, 6.07) is 9.81. The number of esters is 1. The lowest BCUT2D eigenvalue weighted by Crippen LogP contribution is -2.41. The van der Waals surface area contributed by atoms with Gasteiger partial charge < -0.3 is 10.1 Å². The van der Waals surface area contributed by atoms with E-state index in [1.807, 2.05) is 39.0 Å². The summed E-state index contributed by atoms with van der Waals surface area (Å²) in [6.45, 7) is 6.60. The number of methoxy groups -OCH3 is 1. The second-order valence-electron chi connectivity index (χ2n) is 5.57. The Morgan fingerprint density at radius 2 is 2.05 bits per heavy atom. The zero-order chi connectivity index (χ0) is 15.4. The Balaban J connectivity index is 2.25. The average molecular weight is 286 g/mol. The first kappa shape index (κ1) is 15.4. The zero-order valence-corrected chi connectivity index (χ0v) is 13.0. The Morgan fingerprint density at radius 3 is 2.71 bits per heavy atom. The molecule has 0 saturated heterocycles. The molecule has 1 heterocycles. The number of benzene rings is 1. The van der Waals surface area contributed by atoms with Crippen molar-refractivity contribution in [3.63, 3.8) is 0 Å². The second kappa shape index (κ2) is 6.68. The molecule has 1 atom stereocenters. The SMILES string of the molecule is COC(=O)[C@@H](NCc1cc(C)nc2ccccc12)C(C)C. The van der Waals surface area contributed by atoms with Crippen LogP contribution in [0.4, 0.5) is 0 Å². The normalized spacial score (nSPS) is 12.6. The topological polar surface area (TPSA) is 51.2 Å². The molecule has 2 aromatic rings. The van der Waals surface area contributed by atoms with Crippen molar-refractivity contribution in [1.29, 1.82) is 0 Å². The zero-order valence-electron chi connectivity index (χ0n) is 13.0. The third-order valence-electron chi connectivity index (χ3n) is 3.56. The van der Waals surface area contributed by atoms with Gasteiger partial charge in [-0.05, 0) is 30.5 Å². The fraction of sp³-hybridized carbons (Fsp3) is 0.412. The van der Waals surface area contributed by atoms with E-state index in [-0.39, 0.29) is 17.9 Å². The highest BCUT2D eigenvalue weighted by Crippen LogP contribution is 2.18. The molecule has 0 fully saturated rings. The maximum atomic E-state index is 11.8. The van der Waals surface area contributed by atoms with Gasteiger partial charge in [-0.3, -0.25) is 9.78 Å². The number of carbonyl (C=O) groups is 1. The van der Waals surface area contributed by atoms with Crippen molar-refractivity contribution in [1.82, 2.24) is 10.3 Å². The number of hydrogen-bond donors (Lipinski definition) is 1. The summed E-state index contributed by atoms with van der Waals surface area (Å²) in [4.78, 5) is 16.3. The molecule has 0 bridgehead atoms. The van der Waals surface area contributed by atoms with E-state index in [1.165, 1.54) is 7.11 Å². The van der Waals surface area contributed by atoms with Crippen LogP contribution in [0.3, 0.4) is 0 Å². The molecule has 0 aliphatic heterocycles. The summed E-state index contributed by atoms with van der Waals surface area (Å²) in [5.74, 6) is -0.0493. The number of rotatable bonds is 5. The molecular formula is C17H22N2O2. The Kier molecular flexibility index (Phi) is 4.91. The van der Waals surface area contributed by atoms with Gasteiger partial charge in [-0.2, -0.15) is 0 Å². The van der Waals surface area contributed by atoms with E-state index >= 15 is 0 Å². The van der Waals surface area contributed by atoms with E-state index in [9.17, 15) is 4.79 Å². The first-order valence-corrected chi connectivity index (χ1v) is 7.19. The van der Waals surface area contributed by atoms with Crippen LogP contribution >= 0.6 is 0 Å². The number of fused-ring (bicyclic) bond motifs is 1. The predicted octanol–water partition coefficient (Wildman–Crippen LogP) is 2.83. The first-order chi connectivity index (χ1) is 10.0. The molecule has 0 aliphatic carbocycles. The van der Waals surface area contributed by atoms with Gasteiger partial charge in [0.05, 0.1) is 12.6 Å². The molecular weight excluding hydrogens is 264 g/mol. The van der Waals surface area contributed by atoms with Crippen LogP contribution in [0.1, 0.15) is 25.1 Å². The Morgan fingerprint density at radius 1 is 1.33 bits per heavy atom. The highest BCUT2D eigenvalue weighted by atomic mass is 16.5. The van der Waals surface area contributed by atoms with Crippen molar-refractivity contribution < 1.29 is 9.53 Å². The molecule has 0 radical (unpaired) electrons. The van der Waals surface area contributed by atoms with E-state index in [0.717, 1.165) is 22.2 Å². The molecule has 4 nitrogen and oxygen atoms in total. The number of para-hydroxylation sites is 1. The number of pyridine rings is 1. The maximum Gasteiger partial charge on any atom is 0.323 e. The third kappa shape index (κ3) is 3.58. The van der Waals surface area contributed by atoms with E-state index < -0.39 is 0 Å². The fourth-order valence-electron chi connectivity index (χ4n) is 2.48. The van der Waals surface area contributed by atoms with Crippen molar-refractivity contribution in [2.24, 2.45) is 5.92 Å². The smallest absolute Gasteiger partial charge is 0.323 e. The summed E-state index contributed by atoms with van der Waals surface area (Å²) in [7, 11) is 1.42. The van der Waals surface area contributed by atoms with E-state index in [0.29, 0.717) is 6.54 Å². The molecule has 1 aromatic heterocycles. The lowest BCUT2D eigenvalue weighted by Gasteiger charge is -2.20. The monoisotopic (exact) mass is 286 g/mol. The van der Waals surface area contributed by atoms with Crippen LogP contribution in [-0.4, -0.2) is 24.1 Å². The van der Waals surface area contributed by atoms with Gasteiger partial charge in [-0.15, -0.1) is 0 Å². The van der Waals surface area contributed by atoms with Gasteiger partial charge in [0.1, 0.15) is 6.04 Å². The van der Waals surface area contributed by atoms with Gasteiger partial charge in [0.25, 0.3) is 0 Å². The van der Waals surface area contributed by atoms with Crippen LogP contribution in [0.2, 0.25) is 0 Å². The Bertz CT molecular complexity index is 638. The van der Waals surface area contributed by atoms with Crippen LogP contribution in [-0.2, 0) is 16.1 Å². The summed E-state index contributed by atoms with van der Waals surface area (Å²) < 4.78 is 4.86. The molecule has 4 heteroatoms. The van der Waals surface area contributed by atoms with E-state index in [2.05, 4.69) is 22.4 Å². The fourth-order valence-corrected chi connectivity index (χ4v) is 2.48. The molecule has 0 amide bonds. The minimum atomic E-state index is -0.303. The number of carbonyl (C=O) groups excluding carboxylic acids is 1. The molecule has 21 heavy (non-hydrogen) atoms. The highest BCUT2D eigenvalue weighted by Gasteiger charge is 2.22. The molecule has 112 valence electrons. The van der Waals surface area contributed by atoms with E-state index in [4.69, 9.17) is 4.74 Å². The Hall–Kier alpha value is -1.94. The largest absolute Gasteiger partial charge is 0.468 e. The van der Waals surface area contributed by atoms with Gasteiger partial charge in [-0.1, -0.05) is 32.0 Å². The minimum absolute atomic E-state index is 0.173. The molecule has 0 aliphatic rings. The third-order valence-corrected chi connectivity index (χ3v) is 3.56. The summed E-state index contributed by atoms with van der Waals surface area (Å²) in [5, 5.41) is 4.42. The van der Waals surface area contributed by atoms with Crippen LogP contribution in [0.15, 0.2) is 30.3 Å². The van der Waals surface area contributed by atoms with Gasteiger partial charge in [0.2, 0.25) is 0 Å². The predicted molar refractivity (Wildman–Crippen MR) is 84.0 cm³/mol. The lowest BCUT2D eigenvalue weighted by atomic mass is 10.0. The quantitative estimate of drug-likeness (QED) is 0.859. The molecule has 2 rings (SSSR count). The number of hydrogen-bond acceptors (Lipinski definition) is 4. The van der Waals surface area contributed by atoms with Gasteiger partial charge in [0.15, 0.2) is 0 Å². The van der Waals surface area contributed by atoms with E-state index in [1.54, 1.807) is 0 Å². The summed E-state index contributed by atoms with van der Waals surface area (Å²) in [5.41, 5.74) is 3.10. The number of aromatic nitrogens is 1. The van der Waals surface area contributed by atoms with Crippen molar-refractivity contribution in [2.75, 3.05) is 7.11 Å². The second-order valence-corrected chi connectivity index (χ2v) is 5.57. The Labute approximate surface area is 125 Å². The number of aryl methyl sites for hydroxylation is 1. The standard InChI is InChI=1S/C17H22N2O2/c1-11(2)16(17(20)21-4)18-10-13-9-12(3)19-15-8-6-5-7-14(13)15/h5-9,11,16,18H,10H2,1-4H3/t16-/m0/s1. The van der Waals surface area contributed by atoms with Crippen molar-refractivity contribution in [3.8, 4) is 0 Å². The van der Waals surface area contributed by atoms with Crippen molar-refractivity contribution >= 4 is 16.9 Å². The van der Waals surface area contributed by atoms with Crippen LogP contribution < -0.4 is 5.32 Å². The number of ether oxygens (including phenoxy) is 1. The molecule has 0 spiro atoms. The first-order valence-electron chi connectivity index (χ1n) is 7.19. The van der Waals surface area contributed by atoms with Gasteiger partial charge in [-0.25, -0.2) is 0 Å². The highest BCUT2D eigenvalue weighted by molar-refractivity contribution is 5.82. The molecule has 0 saturated carbocycles. The maximum absolute atomic E-state index is 11.8. The molecule has 1 aromatic carbocycles. The molecule has 0 unspecified atom stereocenters. The average Bonchev–Trinajstić information content (AvgIpc) is 2.46. The molecule has 1 N–H and O–H groups in total.